The second-order valence-electron chi connectivity index (χ2n) is 10.4. The Balaban J connectivity index is 1.47. The molecule has 3 aliphatic rings. The number of rotatable bonds is 12. The molecular formula is C24H22F7N4O6P. The van der Waals surface area contributed by atoms with Gasteiger partial charge in [0.2, 0.25) is 0 Å². The number of phosphoric ester groups is 1. The van der Waals surface area contributed by atoms with Gasteiger partial charge in [0.05, 0.1) is 6.54 Å². The summed E-state index contributed by atoms with van der Waals surface area (Å²) in [6, 6.07) is 7.37. The first-order valence-corrected chi connectivity index (χ1v) is 13.7. The van der Waals surface area contributed by atoms with Gasteiger partial charge in [0.1, 0.15) is 23.7 Å². The molecule has 2 N–H and O–H groups in total. The molecule has 0 saturated heterocycles. The fourth-order valence-corrected chi connectivity index (χ4v) is 6.18. The van der Waals surface area contributed by atoms with Crippen LogP contribution < -0.4 is 4.74 Å². The van der Waals surface area contributed by atoms with Crippen molar-refractivity contribution in [2.75, 3.05) is 13.4 Å². The second kappa shape index (κ2) is 10.3. The van der Waals surface area contributed by atoms with E-state index in [2.05, 4.69) is 20.0 Å². The average molecular weight is 626 g/mol. The summed E-state index contributed by atoms with van der Waals surface area (Å²) in [5.74, 6) is -6.56. The van der Waals surface area contributed by atoms with Crippen LogP contribution in [0.15, 0.2) is 48.8 Å². The lowest BCUT2D eigenvalue weighted by atomic mass is 9.30. The molecule has 6 rings (SSSR count). The summed E-state index contributed by atoms with van der Waals surface area (Å²) in [7, 11) is -5.22. The van der Waals surface area contributed by atoms with Gasteiger partial charge >= 0.3 is 14.0 Å². The summed E-state index contributed by atoms with van der Waals surface area (Å²) in [5.41, 5.74) is -5.89. The molecule has 2 aromatic carbocycles. The van der Waals surface area contributed by atoms with Crippen LogP contribution >= 0.6 is 7.82 Å². The first-order valence-electron chi connectivity index (χ1n) is 12.2. The van der Waals surface area contributed by atoms with Crippen LogP contribution in [0, 0.1) is 17.0 Å². The Morgan fingerprint density at radius 2 is 1.67 bits per heavy atom. The third-order valence-electron chi connectivity index (χ3n) is 7.74. The Morgan fingerprint density at radius 3 is 2.21 bits per heavy atom. The van der Waals surface area contributed by atoms with E-state index in [0.717, 1.165) is 23.1 Å². The molecule has 1 atom stereocenters. The topological polar surface area (TPSA) is 129 Å². The standard InChI is InChI=1S/C24H22F7N4O6P/c25-16-3-6-18(19(26)7-16)22(11-35-13-32-33-34-35,40-14-41-42(36,37)38)24(30,31)21-8-20(9-21,10-21)15-1-4-17(5-2-15)39-12-23(27,28)29/h1-7,13H,8-12,14H2,(H2,36,37,38). The van der Waals surface area contributed by atoms with Crippen molar-refractivity contribution in [3.8, 4) is 5.75 Å². The minimum Gasteiger partial charge on any atom is -0.484 e. The number of alkyl halides is 5. The van der Waals surface area contributed by atoms with E-state index in [1.807, 2.05) is 0 Å². The summed E-state index contributed by atoms with van der Waals surface area (Å²) in [6.07, 6.45) is -4.07. The monoisotopic (exact) mass is 626 g/mol. The van der Waals surface area contributed by atoms with E-state index in [0.29, 0.717) is 11.6 Å². The number of benzene rings is 2. The number of aromatic nitrogens is 4. The molecule has 0 aliphatic heterocycles. The number of hydrogen-bond donors (Lipinski definition) is 2. The van der Waals surface area contributed by atoms with Crippen molar-refractivity contribution in [1.82, 2.24) is 20.2 Å². The van der Waals surface area contributed by atoms with Gasteiger partial charge in [0, 0.05) is 17.0 Å². The van der Waals surface area contributed by atoms with Crippen molar-refractivity contribution in [2.24, 2.45) is 5.41 Å². The minimum atomic E-state index is -5.22. The molecule has 1 heterocycles. The van der Waals surface area contributed by atoms with Gasteiger partial charge in [0.25, 0.3) is 5.92 Å². The molecule has 3 fully saturated rings. The molecule has 1 unspecified atom stereocenters. The summed E-state index contributed by atoms with van der Waals surface area (Å²) in [4.78, 5) is 18.2. The largest absolute Gasteiger partial charge is 0.484 e. The highest BCUT2D eigenvalue weighted by Crippen LogP contribution is 2.80. The predicted octanol–water partition coefficient (Wildman–Crippen LogP) is 4.63. The number of halogens is 7. The number of phosphoric acid groups is 1. The lowest BCUT2D eigenvalue weighted by molar-refractivity contribution is -0.363. The highest BCUT2D eigenvalue weighted by atomic mass is 31.2. The number of ether oxygens (including phenoxy) is 2. The molecule has 0 amide bonds. The maximum Gasteiger partial charge on any atom is 0.471 e. The van der Waals surface area contributed by atoms with Crippen LogP contribution in [0.25, 0.3) is 0 Å². The van der Waals surface area contributed by atoms with E-state index < -0.39 is 73.5 Å². The molecule has 1 aromatic heterocycles. The van der Waals surface area contributed by atoms with E-state index in [1.54, 1.807) is 0 Å². The number of nitrogens with zero attached hydrogens (tertiary/aromatic N) is 4. The minimum absolute atomic E-state index is 0.0617. The van der Waals surface area contributed by atoms with Gasteiger partial charge in [0.15, 0.2) is 19.0 Å². The molecule has 0 radical (unpaired) electrons. The second-order valence-corrected chi connectivity index (χ2v) is 11.7. The molecule has 3 aliphatic carbocycles. The van der Waals surface area contributed by atoms with E-state index in [9.17, 15) is 22.1 Å². The normalized spacial score (nSPS) is 23.5. The maximum absolute atomic E-state index is 16.9. The summed E-state index contributed by atoms with van der Waals surface area (Å²) >= 11 is 0. The number of tetrazole rings is 1. The molecule has 0 spiro atoms. The van der Waals surface area contributed by atoms with Gasteiger partial charge in [-0.05, 0) is 64.9 Å². The summed E-state index contributed by atoms with van der Waals surface area (Å²) < 4.78 is 127. The van der Waals surface area contributed by atoms with Crippen molar-refractivity contribution >= 4 is 7.82 Å². The van der Waals surface area contributed by atoms with Crippen LogP contribution in [0.1, 0.15) is 30.4 Å². The highest BCUT2D eigenvalue weighted by Gasteiger charge is 2.82. The molecule has 18 heteroatoms. The van der Waals surface area contributed by atoms with Gasteiger partial charge < -0.3 is 19.3 Å². The lowest BCUT2D eigenvalue weighted by Gasteiger charge is -2.74. The Kier molecular flexibility index (Phi) is 7.41. The fraction of sp³-hybridized carbons (Fsp3) is 0.458. The van der Waals surface area contributed by atoms with Crippen LogP contribution in [0.2, 0.25) is 0 Å². The highest BCUT2D eigenvalue weighted by molar-refractivity contribution is 7.46. The van der Waals surface area contributed by atoms with E-state index >= 15 is 13.2 Å². The van der Waals surface area contributed by atoms with Gasteiger partial charge in [-0.15, -0.1) is 5.10 Å². The Bertz CT molecular complexity index is 1470. The zero-order valence-electron chi connectivity index (χ0n) is 21.3. The number of hydrogen-bond acceptors (Lipinski definition) is 7. The van der Waals surface area contributed by atoms with E-state index in [-0.39, 0.29) is 25.0 Å². The summed E-state index contributed by atoms with van der Waals surface area (Å²) in [5, 5.41) is 10.3. The molecule has 10 nitrogen and oxygen atoms in total. The molecule has 228 valence electrons. The van der Waals surface area contributed by atoms with Crippen molar-refractivity contribution < 1.29 is 59.1 Å². The average Bonchev–Trinajstić information content (AvgIpc) is 3.33. The van der Waals surface area contributed by atoms with Crippen LogP contribution in [0.3, 0.4) is 0 Å². The summed E-state index contributed by atoms with van der Waals surface area (Å²) in [6.45, 7) is -3.86. The first kappa shape index (κ1) is 30.4. The van der Waals surface area contributed by atoms with Crippen LogP contribution in [-0.4, -0.2) is 55.5 Å². The Morgan fingerprint density at radius 1 is 1.00 bits per heavy atom. The quantitative estimate of drug-likeness (QED) is 0.168. The zero-order chi connectivity index (χ0) is 30.6. The van der Waals surface area contributed by atoms with Gasteiger partial charge in [-0.3, -0.25) is 4.52 Å². The van der Waals surface area contributed by atoms with Crippen molar-refractivity contribution in [3.05, 3.63) is 71.6 Å². The van der Waals surface area contributed by atoms with Gasteiger partial charge in [-0.1, -0.05) is 12.1 Å². The van der Waals surface area contributed by atoms with Crippen molar-refractivity contribution in [2.45, 2.75) is 48.9 Å². The van der Waals surface area contributed by atoms with Crippen LogP contribution in [0.5, 0.6) is 5.75 Å². The molecule has 3 aromatic rings. The predicted molar refractivity (Wildman–Crippen MR) is 126 cm³/mol. The third-order valence-corrected chi connectivity index (χ3v) is 8.18. The molecule has 2 bridgehead atoms. The van der Waals surface area contributed by atoms with Gasteiger partial charge in [-0.25, -0.2) is 26.8 Å². The molecule has 3 saturated carbocycles. The zero-order valence-corrected chi connectivity index (χ0v) is 22.2. The fourth-order valence-electron chi connectivity index (χ4n) is 5.99. The molecular weight excluding hydrogens is 604 g/mol. The third kappa shape index (κ3) is 5.39. The van der Waals surface area contributed by atoms with E-state index in [1.165, 1.54) is 24.3 Å². The maximum atomic E-state index is 16.9. The van der Waals surface area contributed by atoms with E-state index in [4.69, 9.17) is 19.3 Å². The van der Waals surface area contributed by atoms with Gasteiger partial charge in [-0.2, -0.15) is 13.2 Å². The van der Waals surface area contributed by atoms with Crippen LogP contribution in [0.4, 0.5) is 30.7 Å². The SMILES string of the molecule is O=P(O)(O)OCOC(Cn1cnnn1)(c1ccc(F)cc1F)C(F)(F)C12CC(c3ccc(OCC(F)(F)F)cc3)(C1)C2. The smallest absolute Gasteiger partial charge is 0.471 e. The Hall–Kier alpha value is -3.11. The van der Waals surface area contributed by atoms with Crippen molar-refractivity contribution in [1.29, 1.82) is 0 Å². The van der Waals surface area contributed by atoms with Crippen LogP contribution in [-0.2, 0) is 31.4 Å². The lowest BCUT2D eigenvalue weighted by Crippen LogP contribution is -2.76. The van der Waals surface area contributed by atoms with Crippen molar-refractivity contribution in [3.63, 3.8) is 0 Å². The molecule has 42 heavy (non-hydrogen) atoms. The Labute approximate surface area is 232 Å². The first-order chi connectivity index (χ1) is 19.5.